The van der Waals surface area contributed by atoms with E-state index in [1.165, 1.54) is 12.1 Å². The lowest BCUT2D eigenvalue weighted by Gasteiger charge is -2.36. The second kappa shape index (κ2) is 7.89. The molecule has 0 saturated carbocycles. The van der Waals surface area contributed by atoms with E-state index in [0.29, 0.717) is 32.5 Å². The highest BCUT2D eigenvalue weighted by Gasteiger charge is 2.48. The van der Waals surface area contributed by atoms with Gasteiger partial charge >= 0.3 is 5.97 Å². The first-order chi connectivity index (χ1) is 12.7. The van der Waals surface area contributed by atoms with E-state index in [1.807, 2.05) is 4.90 Å². The Morgan fingerprint density at radius 3 is 2.37 bits per heavy atom. The van der Waals surface area contributed by atoms with Gasteiger partial charge < -0.3 is 4.74 Å². The molecule has 9 heteroatoms. The molecule has 2 atom stereocenters. The molecule has 2 aliphatic heterocycles. The second-order valence-electron chi connectivity index (χ2n) is 7.10. The number of likely N-dealkylation sites (tertiary alicyclic amines) is 1. The lowest BCUT2D eigenvalue weighted by atomic mass is 9.95. The highest BCUT2D eigenvalue weighted by Crippen LogP contribution is 2.31. The topological polar surface area (TPSA) is 97.8 Å². The molecule has 0 aromatic heterocycles. The first-order valence-electron chi connectivity index (χ1n) is 9.14. The van der Waals surface area contributed by atoms with E-state index in [2.05, 4.69) is 0 Å². The van der Waals surface area contributed by atoms with Gasteiger partial charge in [0.25, 0.3) is 0 Å². The largest absolute Gasteiger partial charge is 0.466 e. The smallest absolute Gasteiger partial charge is 0.309 e. The Balaban J connectivity index is 1.79. The fraction of sp³-hybridized carbons (Fsp3) is 0.611. The van der Waals surface area contributed by atoms with Gasteiger partial charge in [0, 0.05) is 6.04 Å². The van der Waals surface area contributed by atoms with Gasteiger partial charge in [-0.2, -0.15) is 0 Å². The van der Waals surface area contributed by atoms with Crippen molar-refractivity contribution in [2.75, 3.05) is 31.2 Å². The molecule has 1 aromatic rings. The number of hydrogen-bond acceptors (Lipinski definition) is 7. The van der Waals surface area contributed by atoms with Gasteiger partial charge in [-0.15, -0.1) is 0 Å². The number of nitrogens with zero attached hydrogens (tertiary/aromatic N) is 1. The van der Waals surface area contributed by atoms with E-state index < -0.39 is 31.0 Å². The number of piperidine rings is 1. The van der Waals surface area contributed by atoms with Crippen LogP contribution < -0.4 is 0 Å². The summed E-state index contributed by atoms with van der Waals surface area (Å²) in [7, 11) is -7.20. The van der Waals surface area contributed by atoms with Gasteiger partial charge in [-0.3, -0.25) is 9.69 Å². The number of esters is 1. The van der Waals surface area contributed by atoms with Crippen molar-refractivity contribution in [1.82, 2.24) is 4.90 Å². The fourth-order valence-corrected chi connectivity index (χ4v) is 8.80. The van der Waals surface area contributed by atoms with Gasteiger partial charge in [0.15, 0.2) is 19.7 Å². The summed E-state index contributed by atoms with van der Waals surface area (Å²) in [6, 6.07) is 7.42. The van der Waals surface area contributed by atoms with Gasteiger partial charge in [-0.05, 0) is 45.0 Å². The maximum absolute atomic E-state index is 13.1. The number of ether oxygens (including phenoxy) is 1. The van der Waals surface area contributed by atoms with Crippen LogP contribution in [-0.2, 0) is 29.2 Å². The van der Waals surface area contributed by atoms with Crippen LogP contribution in [0.3, 0.4) is 0 Å². The molecule has 2 aliphatic rings. The van der Waals surface area contributed by atoms with E-state index >= 15 is 0 Å². The first kappa shape index (κ1) is 20.3. The first-order valence-corrected chi connectivity index (χ1v) is 12.5. The molecule has 27 heavy (non-hydrogen) atoms. The summed E-state index contributed by atoms with van der Waals surface area (Å²) in [5.41, 5.74) is 0. The Morgan fingerprint density at radius 2 is 1.78 bits per heavy atom. The molecule has 7 nitrogen and oxygen atoms in total. The van der Waals surface area contributed by atoms with E-state index in [0.717, 1.165) is 0 Å². The number of carbonyl (C=O) groups excluding carboxylic acids is 1. The quantitative estimate of drug-likeness (QED) is 0.659. The molecule has 2 heterocycles. The molecule has 0 aliphatic carbocycles. The summed E-state index contributed by atoms with van der Waals surface area (Å²) in [6.07, 6.45) is 1.10. The van der Waals surface area contributed by atoms with Crippen molar-refractivity contribution >= 4 is 25.6 Å². The van der Waals surface area contributed by atoms with E-state index in [1.54, 1.807) is 25.1 Å². The summed E-state index contributed by atoms with van der Waals surface area (Å²) in [4.78, 5) is 14.0. The van der Waals surface area contributed by atoms with Crippen molar-refractivity contribution in [1.29, 1.82) is 0 Å². The molecule has 3 rings (SSSR count). The van der Waals surface area contributed by atoms with E-state index in [9.17, 15) is 21.6 Å². The van der Waals surface area contributed by atoms with Crippen molar-refractivity contribution in [3.8, 4) is 0 Å². The van der Waals surface area contributed by atoms with Crippen LogP contribution in [0, 0.1) is 5.92 Å². The zero-order valence-corrected chi connectivity index (χ0v) is 16.9. The molecule has 1 aromatic carbocycles. The minimum atomic E-state index is -3.76. The normalized spacial score (nSPS) is 26.7. The molecule has 0 amide bonds. The van der Waals surface area contributed by atoms with Gasteiger partial charge in [0.05, 0.1) is 34.2 Å². The van der Waals surface area contributed by atoms with E-state index in [4.69, 9.17) is 4.74 Å². The molecule has 0 radical (unpaired) electrons. The minimum Gasteiger partial charge on any atom is -0.466 e. The highest BCUT2D eigenvalue weighted by molar-refractivity contribution is 7.96. The Labute approximate surface area is 160 Å². The molecule has 2 saturated heterocycles. The van der Waals surface area contributed by atoms with Crippen molar-refractivity contribution in [3.63, 3.8) is 0 Å². The van der Waals surface area contributed by atoms with E-state index in [-0.39, 0.29) is 28.3 Å². The van der Waals surface area contributed by atoms with Crippen LogP contribution in [0.5, 0.6) is 0 Å². The van der Waals surface area contributed by atoms with Crippen LogP contribution in [0.25, 0.3) is 0 Å². The molecule has 0 spiro atoms. The number of hydrogen-bond donors (Lipinski definition) is 0. The summed E-state index contributed by atoms with van der Waals surface area (Å²) in [5.74, 6) is -0.950. The third-order valence-corrected chi connectivity index (χ3v) is 9.50. The number of carbonyl (C=O) groups is 1. The Bertz CT molecular complexity index is 874. The average molecular weight is 416 g/mol. The van der Waals surface area contributed by atoms with Crippen molar-refractivity contribution in [2.45, 2.75) is 36.0 Å². The van der Waals surface area contributed by atoms with Gasteiger partial charge in [-0.1, -0.05) is 18.2 Å². The third-order valence-electron chi connectivity index (χ3n) is 5.36. The van der Waals surface area contributed by atoms with Crippen molar-refractivity contribution in [2.24, 2.45) is 5.92 Å². The molecule has 0 N–H and O–H groups in total. The van der Waals surface area contributed by atoms with Crippen LogP contribution in [0.2, 0.25) is 0 Å². The second-order valence-corrected chi connectivity index (χ2v) is 11.4. The maximum atomic E-state index is 13.1. The molecular weight excluding hydrogens is 390 g/mol. The maximum Gasteiger partial charge on any atom is 0.309 e. The number of benzene rings is 1. The van der Waals surface area contributed by atoms with Crippen molar-refractivity contribution in [3.05, 3.63) is 30.3 Å². The summed E-state index contributed by atoms with van der Waals surface area (Å²) in [5, 5.41) is -0.982. The Hall–Kier alpha value is -1.45. The highest BCUT2D eigenvalue weighted by atomic mass is 32.2. The molecule has 150 valence electrons. The molecular formula is C18H25NO6S2. The van der Waals surface area contributed by atoms with Crippen molar-refractivity contribution < 1.29 is 26.4 Å². The van der Waals surface area contributed by atoms with Crippen LogP contribution in [-0.4, -0.2) is 70.2 Å². The van der Waals surface area contributed by atoms with Crippen LogP contribution >= 0.6 is 0 Å². The SMILES string of the molecule is CCOC(=O)C1CCN(C2CS(=O)(=O)CC2S(=O)(=O)c2ccccc2)CC1. The number of rotatable bonds is 5. The number of sulfone groups is 2. The third kappa shape index (κ3) is 4.35. The zero-order valence-electron chi connectivity index (χ0n) is 15.3. The fourth-order valence-electron chi connectivity index (χ4n) is 3.95. The lowest BCUT2D eigenvalue weighted by Crippen LogP contribution is -2.50. The lowest BCUT2D eigenvalue weighted by molar-refractivity contribution is -0.149. The zero-order chi connectivity index (χ0) is 19.7. The Kier molecular flexibility index (Phi) is 5.93. The Morgan fingerprint density at radius 1 is 1.15 bits per heavy atom. The van der Waals surface area contributed by atoms with Crippen LogP contribution in [0.1, 0.15) is 19.8 Å². The van der Waals surface area contributed by atoms with Crippen LogP contribution in [0.15, 0.2) is 35.2 Å². The molecule has 2 fully saturated rings. The summed E-state index contributed by atoms with van der Waals surface area (Å²) in [6.45, 7) is 3.07. The van der Waals surface area contributed by atoms with Crippen LogP contribution in [0.4, 0.5) is 0 Å². The average Bonchev–Trinajstić information content (AvgIpc) is 2.99. The monoisotopic (exact) mass is 415 g/mol. The predicted molar refractivity (Wildman–Crippen MR) is 101 cm³/mol. The van der Waals surface area contributed by atoms with Gasteiger partial charge in [0.2, 0.25) is 0 Å². The molecule has 0 bridgehead atoms. The minimum absolute atomic E-state index is 0.151. The van der Waals surface area contributed by atoms with Gasteiger partial charge in [0.1, 0.15) is 0 Å². The summed E-state index contributed by atoms with van der Waals surface area (Å²) >= 11 is 0. The molecule has 2 unspecified atom stereocenters. The summed E-state index contributed by atoms with van der Waals surface area (Å²) < 4.78 is 55.7. The van der Waals surface area contributed by atoms with Gasteiger partial charge in [-0.25, -0.2) is 16.8 Å². The predicted octanol–water partition coefficient (Wildman–Crippen LogP) is 0.901. The standard InChI is InChI=1S/C18H25NO6S2/c1-2-25-18(20)14-8-10-19(11-9-14)16-12-26(21,22)13-17(16)27(23,24)15-6-4-3-5-7-15/h3-7,14,16-17H,2,8-13H2,1H3.